The summed E-state index contributed by atoms with van der Waals surface area (Å²) in [5, 5.41) is 11.6. The summed E-state index contributed by atoms with van der Waals surface area (Å²) in [6.07, 6.45) is 7.04. The van der Waals surface area contributed by atoms with Crippen molar-refractivity contribution < 1.29 is 14.7 Å². The lowest BCUT2D eigenvalue weighted by molar-refractivity contribution is 0.0696. The van der Waals surface area contributed by atoms with E-state index in [1.54, 1.807) is 4.90 Å². The molecule has 0 saturated carbocycles. The molecule has 1 aliphatic rings. The summed E-state index contributed by atoms with van der Waals surface area (Å²) >= 11 is 0. The van der Waals surface area contributed by atoms with Gasteiger partial charge in [0.05, 0.1) is 17.4 Å². The number of hydrogen-bond donors (Lipinski definition) is 2. The number of carbonyl (C=O) groups excluding carboxylic acids is 1. The second-order valence-electron chi connectivity index (χ2n) is 4.60. The topological polar surface area (TPSA) is 82.5 Å². The maximum absolute atomic E-state index is 12.0. The number of carboxylic acid groups (broad SMARTS) is 1. The van der Waals surface area contributed by atoms with Crippen molar-refractivity contribution in [3.63, 3.8) is 0 Å². The van der Waals surface area contributed by atoms with Gasteiger partial charge in [-0.1, -0.05) is 12.8 Å². The summed E-state index contributed by atoms with van der Waals surface area (Å²) < 4.78 is 0. The number of likely N-dealkylation sites (tertiary alicyclic amines) is 1. The highest BCUT2D eigenvalue weighted by Crippen LogP contribution is 2.13. The lowest BCUT2D eigenvalue weighted by Crippen LogP contribution is -2.35. The molecule has 0 aromatic carbocycles. The number of aromatic carboxylic acids is 1. The normalized spacial score (nSPS) is 15.7. The van der Waals surface area contributed by atoms with Gasteiger partial charge in [0.15, 0.2) is 0 Å². The molecule has 1 aromatic rings. The van der Waals surface area contributed by atoms with Gasteiger partial charge in [-0.05, 0) is 18.9 Å². The quantitative estimate of drug-likeness (QED) is 0.856. The van der Waals surface area contributed by atoms with Gasteiger partial charge in [-0.25, -0.2) is 9.59 Å². The van der Waals surface area contributed by atoms with Gasteiger partial charge in [0.1, 0.15) is 0 Å². The third-order valence-corrected chi connectivity index (χ3v) is 3.13. The average Bonchev–Trinajstić information content (AvgIpc) is 2.68. The Bertz CT molecular complexity index is 468. The number of nitrogens with zero attached hydrogens (tertiary/aromatic N) is 2. The van der Waals surface area contributed by atoms with E-state index in [4.69, 9.17) is 5.11 Å². The minimum atomic E-state index is -1.06. The minimum Gasteiger partial charge on any atom is -0.478 e. The van der Waals surface area contributed by atoms with Crippen LogP contribution in [0.3, 0.4) is 0 Å². The zero-order valence-corrected chi connectivity index (χ0v) is 10.6. The smallest absolute Gasteiger partial charge is 0.337 e. The second-order valence-corrected chi connectivity index (χ2v) is 4.60. The number of carboxylic acids is 1. The van der Waals surface area contributed by atoms with E-state index in [-0.39, 0.29) is 11.6 Å². The molecular weight excluding hydrogens is 246 g/mol. The van der Waals surface area contributed by atoms with Crippen LogP contribution in [0.15, 0.2) is 18.5 Å². The molecule has 1 fully saturated rings. The molecule has 0 radical (unpaired) electrons. The fraction of sp³-hybridized carbons (Fsp3) is 0.462. The molecule has 2 amide bonds. The Morgan fingerprint density at radius 1 is 1.16 bits per heavy atom. The van der Waals surface area contributed by atoms with Crippen molar-refractivity contribution in [2.24, 2.45) is 0 Å². The molecule has 1 saturated heterocycles. The number of hydrogen-bond acceptors (Lipinski definition) is 3. The van der Waals surface area contributed by atoms with Crippen molar-refractivity contribution in [2.45, 2.75) is 25.7 Å². The van der Waals surface area contributed by atoms with E-state index in [2.05, 4.69) is 10.3 Å². The van der Waals surface area contributed by atoms with Gasteiger partial charge in [-0.3, -0.25) is 4.98 Å². The van der Waals surface area contributed by atoms with E-state index < -0.39 is 5.97 Å². The van der Waals surface area contributed by atoms with Crippen LogP contribution in [0, 0.1) is 0 Å². The maximum Gasteiger partial charge on any atom is 0.337 e. The monoisotopic (exact) mass is 263 g/mol. The first-order valence-corrected chi connectivity index (χ1v) is 6.41. The maximum atomic E-state index is 12.0. The molecule has 6 heteroatoms. The Labute approximate surface area is 111 Å². The van der Waals surface area contributed by atoms with Crippen molar-refractivity contribution in [2.75, 3.05) is 18.4 Å². The molecule has 0 atom stereocenters. The van der Waals surface area contributed by atoms with Crippen LogP contribution in [0.4, 0.5) is 10.5 Å². The Hall–Kier alpha value is -2.11. The van der Waals surface area contributed by atoms with E-state index in [9.17, 15) is 9.59 Å². The van der Waals surface area contributed by atoms with Crippen molar-refractivity contribution in [1.29, 1.82) is 0 Å². The number of urea groups is 1. The number of carbonyl (C=O) groups is 2. The molecule has 2 rings (SSSR count). The highest BCUT2D eigenvalue weighted by Gasteiger charge is 2.16. The number of rotatable bonds is 2. The third-order valence-electron chi connectivity index (χ3n) is 3.13. The first-order valence-electron chi connectivity index (χ1n) is 6.41. The molecule has 1 aromatic heterocycles. The standard InChI is InChI=1S/C13H17N3O3/c17-12(18)10-7-11(9-14-8-10)15-13(19)16-5-3-1-2-4-6-16/h7-9H,1-6H2,(H,15,19)(H,17,18). The number of aromatic nitrogens is 1. The average molecular weight is 263 g/mol. The molecule has 2 N–H and O–H groups in total. The van der Waals surface area contributed by atoms with Crippen LogP contribution >= 0.6 is 0 Å². The van der Waals surface area contributed by atoms with Crippen molar-refractivity contribution in [3.8, 4) is 0 Å². The first kappa shape index (κ1) is 13.3. The van der Waals surface area contributed by atoms with Gasteiger partial charge in [0.2, 0.25) is 0 Å². The van der Waals surface area contributed by atoms with Crippen LogP contribution in [0.25, 0.3) is 0 Å². The molecule has 1 aliphatic heterocycles. The van der Waals surface area contributed by atoms with Crippen LogP contribution in [-0.4, -0.2) is 40.1 Å². The Balaban J connectivity index is 2.01. The van der Waals surface area contributed by atoms with Gasteiger partial charge >= 0.3 is 12.0 Å². The van der Waals surface area contributed by atoms with Crippen LogP contribution in [0.1, 0.15) is 36.0 Å². The van der Waals surface area contributed by atoms with Gasteiger partial charge in [-0.2, -0.15) is 0 Å². The molecule has 0 unspecified atom stereocenters. The van der Waals surface area contributed by atoms with Crippen molar-refractivity contribution in [1.82, 2.24) is 9.88 Å². The number of amides is 2. The fourth-order valence-corrected chi connectivity index (χ4v) is 2.10. The van der Waals surface area contributed by atoms with Crippen LogP contribution < -0.4 is 5.32 Å². The molecular formula is C13H17N3O3. The number of anilines is 1. The predicted octanol–water partition coefficient (Wildman–Crippen LogP) is 2.19. The second kappa shape index (κ2) is 6.17. The van der Waals surface area contributed by atoms with Gasteiger partial charge in [-0.15, -0.1) is 0 Å². The van der Waals surface area contributed by atoms with Crippen molar-refractivity contribution in [3.05, 3.63) is 24.0 Å². The van der Waals surface area contributed by atoms with Crippen molar-refractivity contribution >= 4 is 17.7 Å². The van der Waals surface area contributed by atoms with Crippen LogP contribution in [0.5, 0.6) is 0 Å². The highest BCUT2D eigenvalue weighted by atomic mass is 16.4. The number of nitrogens with one attached hydrogen (secondary N) is 1. The number of pyridine rings is 1. The molecule has 2 heterocycles. The summed E-state index contributed by atoms with van der Waals surface area (Å²) in [7, 11) is 0. The molecule has 102 valence electrons. The predicted molar refractivity (Wildman–Crippen MR) is 70.3 cm³/mol. The SMILES string of the molecule is O=C(O)c1cncc(NC(=O)N2CCCCCC2)c1. The Kier molecular flexibility index (Phi) is 4.33. The zero-order chi connectivity index (χ0) is 13.7. The molecule has 0 spiro atoms. The minimum absolute atomic E-state index is 0.0636. The summed E-state index contributed by atoms with van der Waals surface area (Å²) in [5.41, 5.74) is 0.475. The summed E-state index contributed by atoms with van der Waals surface area (Å²) in [6, 6.07) is 1.22. The Morgan fingerprint density at radius 3 is 2.47 bits per heavy atom. The molecule has 0 bridgehead atoms. The fourth-order valence-electron chi connectivity index (χ4n) is 2.10. The molecule has 6 nitrogen and oxygen atoms in total. The largest absolute Gasteiger partial charge is 0.478 e. The van der Waals surface area contributed by atoms with E-state index in [0.29, 0.717) is 5.69 Å². The zero-order valence-electron chi connectivity index (χ0n) is 10.6. The van der Waals surface area contributed by atoms with Gasteiger partial charge in [0, 0.05) is 19.3 Å². The van der Waals surface area contributed by atoms with Crippen LogP contribution in [-0.2, 0) is 0 Å². The lowest BCUT2D eigenvalue weighted by atomic mass is 10.2. The summed E-state index contributed by atoms with van der Waals surface area (Å²) in [6.45, 7) is 1.50. The highest BCUT2D eigenvalue weighted by molar-refractivity contribution is 5.92. The summed E-state index contributed by atoms with van der Waals surface area (Å²) in [4.78, 5) is 28.4. The Morgan fingerprint density at radius 2 is 1.84 bits per heavy atom. The van der Waals surface area contributed by atoms with Gasteiger partial charge < -0.3 is 15.3 Å². The van der Waals surface area contributed by atoms with E-state index in [1.807, 2.05) is 0 Å². The van der Waals surface area contributed by atoms with E-state index in [0.717, 1.165) is 38.8 Å². The first-order chi connectivity index (χ1) is 9.16. The van der Waals surface area contributed by atoms with Gasteiger partial charge in [0.25, 0.3) is 0 Å². The third kappa shape index (κ3) is 3.67. The summed E-state index contributed by atoms with van der Waals surface area (Å²) in [5.74, 6) is -1.06. The molecule has 0 aliphatic carbocycles. The van der Waals surface area contributed by atoms with E-state index in [1.165, 1.54) is 18.5 Å². The lowest BCUT2D eigenvalue weighted by Gasteiger charge is -2.20. The van der Waals surface area contributed by atoms with E-state index >= 15 is 0 Å². The molecule has 19 heavy (non-hydrogen) atoms. The van der Waals surface area contributed by atoms with Crippen LogP contribution in [0.2, 0.25) is 0 Å².